The fourth-order valence-corrected chi connectivity index (χ4v) is 3.17. The number of amides is 2. The fourth-order valence-electron chi connectivity index (χ4n) is 3.17. The summed E-state index contributed by atoms with van der Waals surface area (Å²) in [5, 5.41) is 6.41. The highest BCUT2D eigenvalue weighted by Gasteiger charge is 2.12. The summed E-state index contributed by atoms with van der Waals surface area (Å²) in [6.45, 7) is 1.66. The van der Waals surface area contributed by atoms with Crippen LogP contribution in [0, 0.1) is 0 Å². The van der Waals surface area contributed by atoms with E-state index in [2.05, 4.69) is 32.7 Å². The van der Waals surface area contributed by atoms with Gasteiger partial charge in [-0.2, -0.15) is 0 Å². The average Bonchev–Trinajstić information content (AvgIpc) is 3.27. The Kier molecular flexibility index (Phi) is 5.01. The molecule has 1 aliphatic rings. The van der Waals surface area contributed by atoms with Gasteiger partial charge in [0.1, 0.15) is 0 Å². The minimum absolute atomic E-state index is 0.111. The molecule has 2 N–H and O–H groups in total. The standard InChI is InChI=1S/C22H20N4O2/c27-20(25-19-7-3-5-16-6-4-12-23-21(16)19)15-24-22(28)17-8-10-18(11-9-17)26-13-1-2-14-26/h1-12H,13-15H2,(H,24,28)(H,25,27). The van der Waals surface area contributed by atoms with Gasteiger partial charge in [-0.05, 0) is 36.4 Å². The van der Waals surface area contributed by atoms with Gasteiger partial charge in [0, 0.05) is 35.9 Å². The van der Waals surface area contributed by atoms with Crippen LogP contribution in [0.3, 0.4) is 0 Å². The van der Waals surface area contributed by atoms with Gasteiger partial charge in [-0.1, -0.05) is 30.4 Å². The highest BCUT2D eigenvalue weighted by molar-refractivity contribution is 6.03. The molecule has 0 bridgehead atoms. The average molecular weight is 372 g/mol. The number of nitrogens with zero attached hydrogens (tertiary/aromatic N) is 2. The van der Waals surface area contributed by atoms with Crippen LogP contribution in [0.25, 0.3) is 10.9 Å². The zero-order valence-electron chi connectivity index (χ0n) is 15.3. The quantitative estimate of drug-likeness (QED) is 0.675. The number of aromatic nitrogens is 1. The van der Waals surface area contributed by atoms with Crippen molar-refractivity contribution >= 4 is 34.1 Å². The topological polar surface area (TPSA) is 74.3 Å². The van der Waals surface area contributed by atoms with Crippen molar-refractivity contribution in [1.29, 1.82) is 0 Å². The van der Waals surface area contributed by atoms with E-state index in [0.717, 1.165) is 29.7 Å². The normalized spacial score (nSPS) is 12.9. The summed E-state index contributed by atoms with van der Waals surface area (Å²) in [7, 11) is 0. The number of carbonyl (C=O) groups excluding carboxylic acids is 2. The van der Waals surface area contributed by atoms with Crippen LogP contribution in [0.5, 0.6) is 0 Å². The number of fused-ring (bicyclic) bond motifs is 1. The second-order valence-corrected chi connectivity index (χ2v) is 6.53. The van der Waals surface area contributed by atoms with Crippen LogP contribution in [0.1, 0.15) is 10.4 Å². The van der Waals surface area contributed by atoms with Gasteiger partial charge in [-0.3, -0.25) is 14.6 Å². The lowest BCUT2D eigenvalue weighted by Crippen LogP contribution is -2.33. The molecule has 3 aromatic rings. The molecule has 2 aromatic carbocycles. The first-order chi connectivity index (χ1) is 13.7. The van der Waals surface area contributed by atoms with E-state index in [-0.39, 0.29) is 18.4 Å². The van der Waals surface area contributed by atoms with Crippen LogP contribution in [0.15, 0.2) is 72.9 Å². The SMILES string of the molecule is O=C(CNC(=O)c1ccc(N2CC=CC2)cc1)Nc1cccc2cccnc12. The number of hydrogen-bond acceptors (Lipinski definition) is 4. The Bertz CT molecular complexity index is 1030. The number of pyridine rings is 1. The number of benzene rings is 2. The molecule has 0 radical (unpaired) electrons. The highest BCUT2D eigenvalue weighted by Crippen LogP contribution is 2.20. The first kappa shape index (κ1) is 17.7. The first-order valence-corrected chi connectivity index (χ1v) is 9.12. The van der Waals surface area contributed by atoms with Gasteiger partial charge in [0.2, 0.25) is 5.91 Å². The minimum atomic E-state index is -0.300. The zero-order chi connectivity index (χ0) is 19.3. The van der Waals surface area contributed by atoms with E-state index in [4.69, 9.17) is 0 Å². The predicted molar refractivity (Wildman–Crippen MR) is 111 cm³/mol. The summed E-state index contributed by atoms with van der Waals surface area (Å²) in [5.74, 6) is -0.580. The molecule has 1 aliphatic heterocycles. The van der Waals surface area contributed by atoms with Crippen molar-refractivity contribution in [3.05, 3.63) is 78.5 Å². The lowest BCUT2D eigenvalue weighted by Gasteiger charge is -2.17. The number of hydrogen-bond donors (Lipinski definition) is 2. The van der Waals surface area contributed by atoms with Crippen molar-refractivity contribution in [1.82, 2.24) is 10.3 Å². The molecular formula is C22H20N4O2. The van der Waals surface area contributed by atoms with Crippen molar-refractivity contribution in [2.45, 2.75) is 0 Å². The van der Waals surface area contributed by atoms with Crippen LogP contribution in [0.2, 0.25) is 0 Å². The molecule has 0 unspecified atom stereocenters. The summed E-state index contributed by atoms with van der Waals surface area (Å²) in [5.41, 5.74) is 2.94. The van der Waals surface area contributed by atoms with Gasteiger partial charge in [0.25, 0.3) is 5.91 Å². The molecule has 0 saturated heterocycles. The molecule has 0 aliphatic carbocycles. The maximum atomic E-state index is 12.3. The van der Waals surface area contributed by atoms with E-state index in [9.17, 15) is 9.59 Å². The maximum Gasteiger partial charge on any atom is 0.251 e. The molecular weight excluding hydrogens is 352 g/mol. The number of anilines is 2. The molecule has 0 atom stereocenters. The van der Waals surface area contributed by atoms with Crippen LogP contribution < -0.4 is 15.5 Å². The van der Waals surface area contributed by atoms with Crippen molar-refractivity contribution in [3.8, 4) is 0 Å². The molecule has 0 saturated carbocycles. The molecule has 1 aromatic heterocycles. The van der Waals surface area contributed by atoms with Crippen molar-refractivity contribution in [2.75, 3.05) is 29.9 Å². The predicted octanol–water partition coefficient (Wildman–Crippen LogP) is 2.98. The van der Waals surface area contributed by atoms with Gasteiger partial charge in [0.05, 0.1) is 17.7 Å². The van der Waals surface area contributed by atoms with Gasteiger partial charge in [-0.25, -0.2) is 0 Å². The molecule has 2 amide bonds. The van der Waals surface area contributed by atoms with E-state index in [0.29, 0.717) is 11.3 Å². The Morgan fingerprint density at radius 3 is 2.50 bits per heavy atom. The summed E-state index contributed by atoms with van der Waals surface area (Å²) in [6.07, 6.45) is 5.91. The lowest BCUT2D eigenvalue weighted by molar-refractivity contribution is -0.115. The van der Waals surface area contributed by atoms with Crippen molar-refractivity contribution in [2.24, 2.45) is 0 Å². The number of carbonyl (C=O) groups is 2. The molecule has 140 valence electrons. The fraction of sp³-hybridized carbons (Fsp3) is 0.136. The van der Waals surface area contributed by atoms with Crippen LogP contribution >= 0.6 is 0 Å². The van der Waals surface area contributed by atoms with E-state index < -0.39 is 0 Å². The monoisotopic (exact) mass is 372 g/mol. The van der Waals surface area contributed by atoms with Crippen LogP contribution in [-0.4, -0.2) is 36.4 Å². The smallest absolute Gasteiger partial charge is 0.251 e. The Morgan fingerprint density at radius 2 is 1.71 bits per heavy atom. The maximum absolute atomic E-state index is 12.3. The summed E-state index contributed by atoms with van der Waals surface area (Å²) < 4.78 is 0. The molecule has 28 heavy (non-hydrogen) atoms. The Hall–Kier alpha value is -3.67. The summed E-state index contributed by atoms with van der Waals surface area (Å²) in [4.78, 5) is 31.1. The third-order valence-corrected chi connectivity index (χ3v) is 4.63. The molecule has 6 nitrogen and oxygen atoms in total. The zero-order valence-corrected chi connectivity index (χ0v) is 15.3. The summed E-state index contributed by atoms with van der Waals surface area (Å²) >= 11 is 0. The van der Waals surface area contributed by atoms with Crippen LogP contribution in [0.4, 0.5) is 11.4 Å². The highest BCUT2D eigenvalue weighted by atomic mass is 16.2. The van der Waals surface area contributed by atoms with E-state index in [1.54, 1.807) is 24.4 Å². The van der Waals surface area contributed by atoms with Gasteiger partial charge in [-0.15, -0.1) is 0 Å². The lowest BCUT2D eigenvalue weighted by atomic mass is 10.2. The van der Waals surface area contributed by atoms with Gasteiger partial charge < -0.3 is 15.5 Å². The van der Waals surface area contributed by atoms with Gasteiger partial charge >= 0.3 is 0 Å². The second-order valence-electron chi connectivity index (χ2n) is 6.53. The Balaban J connectivity index is 1.34. The largest absolute Gasteiger partial charge is 0.364 e. The number of rotatable bonds is 5. The molecule has 2 heterocycles. The minimum Gasteiger partial charge on any atom is -0.364 e. The van der Waals surface area contributed by atoms with Crippen LogP contribution in [-0.2, 0) is 4.79 Å². The molecule has 0 fully saturated rings. The summed E-state index contributed by atoms with van der Waals surface area (Å²) in [6, 6.07) is 16.7. The number of nitrogens with one attached hydrogen (secondary N) is 2. The molecule has 6 heteroatoms. The van der Waals surface area contributed by atoms with Crippen molar-refractivity contribution in [3.63, 3.8) is 0 Å². The third kappa shape index (κ3) is 3.86. The Labute approximate surface area is 162 Å². The first-order valence-electron chi connectivity index (χ1n) is 9.12. The Morgan fingerprint density at radius 1 is 0.964 bits per heavy atom. The van der Waals surface area contributed by atoms with E-state index in [1.807, 2.05) is 36.4 Å². The van der Waals surface area contributed by atoms with E-state index >= 15 is 0 Å². The molecule has 0 spiro atoms. The molecule has 4 rings (SSSR count). The van der Waals surface area contributed by atoms with Gasteiger partial charge in [0.15, 0.2) is 0 Å². The van der Waals surface area contributed by atoms with Crippen molar-refractivity contribution < 1.29 is 9.59 Å². The number of para-hydroxylation sites is 1. The van der Waals surface area contributed by atoms with E-state index in [1.165, 1.54) is 0 Å². The second kappa shape index (κ2) is 7.92. The third-order valence-electron chi connectivity index (χ3n) is 4.63.